The minimum atomic E-state index is 0.567. The van der Waals surface area contributed by atoms with Gasteiger partial charge < -0.3 is 10.6 Å². The average Bonchev–Trinajstić information content (AvgIpc) is 2.64. The molecule has 2 N–H and O–H groups in total. The van der Waals surface area contributed by atoms with Gasteiger partial charge in [0.15, 0.2) is 0 Å². The van der Waals surface area contributed by atoms with Crippen LogP contribution in [0.4, 0.5) is 11.6 Å². The number of aryl methyl sites for hydroxylation is 1. The van der Waals surface area contributed by atoms with E-state index in [0.717, 1.165) is 30.6 Å². The van der Waals surface area contributed by atoms with E-state index in [1.807, 2.05) is 13.0 Å². The second-order valence-electron chi connectivity index (χ2n) is 4.21. The van der Waals surface area contributed by atoms with Gasteiger partial charge in [0.1, 0.15) is 17.5 Å². The number of nitrogens with two attached hydrogens (primary N) is 1. The predicted octanol–water partition coefficient (Wildman–Crippen LogP) is 1.60. The van der Waals surface area contributed by atoms with E-state index in [-0.39, 0.29) is 0 Å². The maximum atomic E-state index is 5.72. The normalized spacial score (nSPS) is 20.9. The Morgan fingerprint density at radius 1 is 1.53 bits per heavy atom. The summed E-state index contributed by atoms with van der Waals surface area (Å²) in [5.41, 5.74) is 5.72. The van der Waals surface area contributed by atoms with Crippen molar-refractivity contribution in [1.82, 2.24) is 9.97 Å². The molecule has 0 spiro atoms. The summed E-state index contributed by atoms with van der Waals surface area (Å²) in [4.78, 5) is 10.8. The fraction of sp³-hybridized carbons (Fsp3) is 0.636. The highest BCUT2D eigenvalue weighted by Gasteiger charge is 2.22. The first-order valence-corrected chi connectivity index (χ1v) is 5.55. The molecule has 1 saturated heterocycles. The number of aromatic nitrogens is 2. The van der Waals surface area contributed by atoms with Gasteiger partial charge >= 0.3 is 0 Å². The van der Waals surface area contributed by atoms with Gasteiger partial charge in [-0.2, -0.15) is 0 Å². The lowest BCUT2D eigenvalue weighted by molar-refractivity contribution is 0.568. The van der Waals surface area contributed by atoms with E-state index >= 15 is 0 Å². The third-order valence-corrected chi connectivity index (χ3v) is 3.03. The fourth-order valence-electron chi connectivity index (χ4n) is 2.11. The van der Waals surface area contributed by atoms with E-state index in [9.17, 15) is 0 Å². The highest BCUT2D eigenvalue weighted by molar-refractivity contribution is 5.47. The zero-order valence-electron chi connectivity index (χ0n) is 9.40. The molecule has 1 atom stereocenters. The molecular weight excluding hydrogens is 188 g/mol. The predicted molar refractivity (Wildman–Crippen MR) is 61.8 cm³/mol. The van der Waals surface area contributed by atoms with E-state index in [4.69, 9.17) is 5.73 Å². The second-order valence-corrected chi connectivity index (χ2v) is 4.21. The molecule has 0 aromatic carbocycles. The number of nitrogens with zero attached hydrogens (tertiary/aromatic N) is 3. The highest BCUT2D eigenvalue weighted by Crippen LogP contribution is 2.24. The first-order valence-electron chi connectivity index (χ1n) is 5.55. The molecule has 0 radical (unpaired) electrons. The molecule has 0 saturated carbocycles. The van der Waals surface area contributed by atoms with Crippen LogP contribution in [0.25, 0.3) is 0 Å². The lowest BCUT2D eigenvalue weighted by Crippen LogP contribution is -2.21. The van der Waals surface area contributed by atoms with Crippen molar-refractivity contribution >= 4 is 11.6 Å². The van der Waals surface area contributed by atoms with Crippen LogP contribution >= 0.6 is 0 Å². The van der Waals surface area contributed by atoms with E-state index in [1.54, 1.807) is 0 Å². The Morgan fingerprint density at radius 2 is 2.33 bits per heavy atom. The van der Waals surface area contributed by atoms with Gasteiger partial charge in [-0.15, -0.1) is 0 Å². The smallest absolute Gasteiger partial charge is 0.134 e. The molecule has 1 unspecified atom stereocenters. The van der Waals surface area contributed by atoms with Crippen LogP contribution in [0.15, 0.2) is 6.07 Å². The number of anilines is 2. The van der Waals surface area contributed by atoms with Gasteiger partial charge in [-0.05, 0) is 19.3 Å². The summed E-state index contributed by atoms with van der Waals surface area (Å²) in [5, 5.41) is 0. The first kappa shape index (κ1) is 10.2. The van der Waals surface area contributed by atoms with Gasteiger partial charge in [0.05, 0.1) is 0 Å². The topological polar surface area (TPSA) is 55.0 Å². The van der Waals surface area contributed by atoms with Gasteiger partial charge in [0.25, 0.3) is 0 Å². The van der Waals surface area contributed by atoms with Crippen molar-refractivity contribution in [1.29, 1.82) is 0 Å². The lowest BCUT2D eigenvalue weighted by Gasteiger charge is -2.17. The van der Waals surface area contributed by atoms with Gasteiger partial charge in [-0.1, -0.05) is 13.3 Å². The third-order valence-electron chi connectivity index (χ3n) is 3.03. The maximum absolute atomic E-state index is 5.72. The Bertz CT molecular complexity index is 330. The summed E-state index contributed by atoms with van der Waals surface area (Å²) in [5.74, 6) is 3.11. The minimum Gasteiger partial charge on any atom is -0.384 e. The summed E-state index contributed by atoms with van der Waals surface area (Å²) in [7, 11) is 0. The summed E-state index contributed by atoms with van der Waals surface area (Å²) < 4.78 is 0. The van der Waals surface area contributed by atoms with Crippen LogP contribution in [0.5, 0.6) is 0 Å². The average molecular weight is 206 g/mol. The lowest BCUT2D eigenvalue weighted by atomic mass is 10.1. The Balaban J connectivity index is 2.16. The largest absolute Gasteiger partial charge is 0.384 e. The van der Waals surface area contributed by atoms with Crippen molar-refractivity contribution in [3.63, 3.8) is 0 Å². The van der Waals surface area contributed by atoms with Crippen molar-refractivity contribution in [2.45, 2.75) is 26.7 Å². The quantitative estimate of drug-likeness (QED) is 0.798. The zero-order chi connectivity index (χ0) is 10.8. The molecule has 0 bridgehead atoms. The molecule has 1 aliphatic heterocycles. The maximum Gasteiger partial charge on any atom is 0.134 e. The van der Waals surface area contributed by atoms with E-state index < -0.39 is 0 Å². The molecule has 0 amide bonds. The molecule has 4 heteroatoms. The molecule has 1 aliphatic rings. The van der Waals surface area contributed by atoms with Gasteiger partial charge in [-0.3, -0.25) is 0 Å². The summed E-state index contributed by atoms with van der Waals surface area (Å²) >= 11 is 0. The molecule has 1 aromatic rings. The molecular formula is C11H18N4. The summed E-state index contributed by atoms with van der Waals surface area (Å²) in [6.45, 7) is 6.32. The van der Waals surface area contributed by atoms with Crippen LogP contribution in [0.3, 0.4) is 0 Å². The van der Waals surface area contributed by atoms with Crippen LogP contribution < -0.4 is 10.6 Å². The van der Waals surface area contributed by atoms with Crippen molar-refractivity contribution in [2.75, 3.05) is 23.7 Å². The fourth-order valence-corrected chi connectivity index (χ4v) is 2.11. The Morgan fingerprint density at radius 3 is 2.93 bits per heavy atom. The van der Waals surface area contributed by atoms with E-state index in [2.05, 4.69) is 21.8 Å². The molecule has 1 aromatic heterocycles. The molecule has 1 fully saturated rings. The number of nitrogen functional groups attached to an aromatic ring is 1. The minimum absolute atomic E-state index is 0.567. The molecule has 82 valence electrons. The van der Waals surface area contributed by atoms with Gasteiger partial charge in [0.2, 0.25) is 0 Å². The van der Waals surface area contributed by atoms with Crippen LogP contribution in [-0.2, 0) is 0 Å². The number of rotatable bonds is 2. The zero-order valence-corrected chi connectivity index (χ0v) is 9.40. The van der Waals surface area contributed by atoms with Crippen molar-refractivity contribution in [3.05, 3.63) is 11.9 Å². The third kappa shape index (κ3) is 2.19. The molecule has 2 heterocycles. The Kier molecular flexibility index (Phi) is 2.75. The van der Waals surface area contributed by atoms with Crippen molar-refractivity contribution < 1.29 is 0 Å². The van der Waals surface area contributed by atoms with Crippen molar-refractivity contribution in [3.8, 4) is 0 Å². The highest BCUT2D eigenvalue weighted by atomic mass is 15.2. The molecule has 4 nitrogen and oxygen atoms in total. The number of hydrogen-bond acceptors (Lipinski definition) is 4. The van der Waals surface area contributed by atoms with E-state index in [0.29, 0.717) is 5.82 Å². The Labute approximate surface area is 90.5 Å². The van der Waals surface area contributed by atoms with Crippen LogP contribution in [-0.4, -0.2) is 23.1 Å². The molecule has 0 aliphatic carbocycles. The number of hydrogen-bond donors (Lipinski definition) is 1. The molecule has 2 rings (SSSR count). The van der Waals surface area contributed by atoms with Crippen LogP contribution in [0.2, 0.25) is 0 Å². The SMILES string of the molecule is CCC1CCN(c2cc(N)nc(C)n2)C1. The monoisotopic (exact) mass is 206 g/mol. The summed E-state index contributed by atoms with van der Waals surface area (Å²) in [6.07, 6.45) is 2.51. The standard InChI is InChI=1S/C11H18N4/c1-3-9-4-5-15(7-9)11-6-10(12)13-8(2)14-11/h6,9H,3-5,7H2,1-2H3,(H2,12,13,14). The van der Waals surface area contributed by atoms with Gasteiger partial charge in [0, 0.05) is 19.2 Å². The summed E-state index contributed by atoms with van der Waals surface area (Å²) in [6, 6.07) is 1.87. The first-order chi connectivity index (χ1) is 7.19. The van der Waals surface area contributed by atoms with E-state index in [1.165, 1.54) is 12.8 Å². The van der Waals surface area contributed by atoms with Crippen molar-refractivity contribution in [2.24, 2.45) is 5.92 Å². The second kappa shape index (κ2) is 4.04. The van der Waals surface area contributed by atoms with Gasteiger partial charge in [-0.25, -0.2) is 9.97 Å². The van der Waals surface area contributed by atoms with Crippen LogP contribution in [0, 0.1) is 12.8 Å². The Hall–Kier alpha value is -1.32. The molecule has 15 heavy (non-hydrogen) atoms. The van der Waals surface area contributed by atoms with Crippen LogP contribution in [0.1, 0.15) is 25.6 Å².